The molecule has 11 heavy (non-hydrogen) atoms. The fraction of sp³-hybridized carbons (Fsp3) is 0.333. The van der Waals surface area contributed by atoms with Gasteiger partial charge < -0.3 is 4.57 Å². The van der Waals surface area contributed by atoms with Gasteiger partial charge in [0.25, 0.3) is 0 Å². The SMILES string of the molecule is CC(=O)NN=c1sccn1C. The summed E-state index contributed by atoms with van der Waals surface area (Å²) in [6, 6.07) is 0. The molecule has 0 atom stereocenters. The Kier molecular flexibility index (Phi) is 2.43. The van der Waals surface area contributed by atoms with Crippen molar-refractivity contribution in [2.45, 2.75) is 6.92 Å². The maximum atomic E-state index is 10.4. The Bertz CT molecular complexity index is 312. The van der Waals surface area contributed by atoms with Gasteiger partial charge >= 0.3 is 0 Å². The Hall–Kier alpha value is -1.10. The van der Waals surface area contributed by atoms with Crippen molar-refractivity contribution in [1.82, 2.24) is 9.99 Å². The molecule has 1 rings (SSSR count). The van der Waals surface area contributed by atoms with Crippen LogP contribution in [0.2, 0.25) is 0 Å². The summed E-state index contributed by atoms with van der Waals surface area (Å²) in [6.45, 7) is 1.43. The molecule has 1 aromatic heterocycles. The van der Waals surface area contributed by atoms with Crippen molar-refractivity contribution >= 4 is 17.2 Å². The third-order valence-electron chi connectivity index (χ3n) is 1.07. The van der Waals surface area contributed by atoms with E-state index in [0.717, 1.165) is 4.80 Å². The highest BCUT2D eigenvalue weighted by Crippen LogP contribution is 1.84. The quantitative estimate of drug-likeness (QED) is 0.596. The number of aromatic nitrogens is 1. The molecule has 0 aliphatic carbocycles. The number of carbonyl (C=O) groups excluding carboxylic acids is 1. The molecule has 60 valence electrons. The molecule has 0 aliphatic heterocycles. The van der Waals surface area contributed by atoms with Gasteiger partial charge in [-0.3, -0.25) is 4.79 Å². The number of nitrogens with zero attached hydrogens (tertiary/aromatic N) is 2. The topological polar surface area (TPSA) is 46.4 Å². The maximum absolute atomic E-state index is 10.4. The van der Waals surface area contributed by atoms with Crippen molar-refractivity contribution in [2.24, 2.45) is 12.1 Å². The van der Waals surface area contributed by atoms with E-state index in [2.05, 4.69) is 10.5 Å². The summed E-state index contributed by atoms with van der Waals surface area (Å²) < 4.78 is 1.83. The maximum Gasteiger partial charge on any atom is 0.237 e. The lowest BCUT2D eigenvalue weighted by atomic mass is 10.8. The monoisotopic (exact) mass is 171 g/mol. The van der Waals surface area contributed by atoms with Gasteiger partial charge in [0.2, 0.25) is 10.7 Å². The van der Waals surface area contributed by atoms with Crippen LogP contribution in [0.15, 0.2) is 16.7 Å². The minimum atomic E-state index is -0.154. The molecule has 0 bridgehead atoms. The molecule has 0 spiro atoms. The molecule has 0 unspecified atom stereocenters. The highest BCUT2D eigenvalue weighted by Gasteiger charge is 1.88. The standard InChI is InChI=1S/C6H9N3OS/c1-5(10)7-8-6-9(2)3-4-11-6/h3-4H,1-2H3,(H,7,10). The van der Waals surface area contributed by atoms with E-state index in [1.807, 2.05) is 23.2 Å². The molecular weight excluding hydrogens is 162 g/mol. The van der Waals surface area contributed by atoms with Crippen LogP contribution in [-0.4, -0.2) is 10.5 Å². The lowest BCUT2D eigenvalue weighted by molar-refractivity contribution is -0.119. The minimum absolute atomic E-state index is 0.154. The third-order valence-corrected chi connectivity index (χ3v) is 1.92. The van der Waals surface area contributed by atoms with Crippen molar-refractivity contribution in [2.75, 3.05) is 0 Å². The van der Waals surface area contributed by atoms with E-state index < -0.39 is 0 Å². The van der Waals surface area contributed by atoms with Crippen molar-refractivity contribution < 1.29 is 4.79 Å². The fourth-order valence-corrected chi connectivity index (χ4v) is 1.25. The molecule has 1 heterocycles. The lowest BCUT2D eigenvalue weighted by Crippen LogP contribution is -2.20. The Labute approximate surface area is 68.2 Å². The highest BCUT2D eigenvalue weighted by atomic mass is 32.1. The average Bonchev–Trinajstić information content (AvgIpc) is 2.31. The molecule has 1 amide bonds. The van der Waals surface area contributed by atoms with Gasteiger partial charge in [0.15, 0.2) is 0 Å². The molecular formula is C6H9N3OS. The molecule has 0 saturated carbocycles. The molecule has 0 fully saturated rings. The summed E-state index contributed by atoms with van der Waals surface area (Å²) in [5.41, 5.74) is 2.36. The van der Waals surface area contributed by atoms with E-state index in [9.17, 15) is 4.79 Å². The first-order valence-corrected chi connectivity index (χ1v) is 3.98. The van der Waals surface area contributed by atoms with Crippen LogP contribution in [0.4, 0.5) is 0 Å². The molecule has 0 radical (unpaired) electrons. The zero-order valence-corrected chi connectivity index (χ0v) is 7.18. The predicted octanol–water partition coefficient (Wildman–Crippen LogP) is 0.0384. The van der Waals surface area contributed by atoms with E-state index in [1.165, 1.54) is 18.3 Å². The first-order valence-electron chi connectivity index (χ1n) is 3.10. The van der Waals surface area contributed by atoms with Crippen LogP contribution in [0.1, 0.15) is 6.92 Å². The van der Waals surface area contributed by atoms with Crippen LogP contribution in [0.5, 0.6) is 0 Å². The number of hydrogen-bond donors (Lipinski definition) is 1. The number of carbonyl (C=O) groups is 1. The second-order valence-corrected chi connectivity index (χ2v) is 2.95. The van der Waals surface area contributed by atoms with Crippen molar-refractivity contribution in [3.05, 3.63) is 16.4 Å². The van der Waals surface area contributed by atoms with Gasteiger partial charge in [-0.1, -0.05) is 0 Å². The van der Waals surface area contributed by atoms with E-state index >= 15 is 0 Å². The minimum Gasteiger partial charge on any atom is -0.325 e. The first-order chi connectivity index (χ1) is 5.20. The fourth-order valence-electron chi connectivity index (χ4n) is 0.561. The summed E-state index contributed by atoms with van der Waals surface area (Å²) in [6.07, 6.45) is 1.88. The van der Waals surface area contributed by atoms with Gasteiger partial charge in [-0.05, 0) is 0 Å². The summed E-state index contributed by atoms with van der Waals surface area (Å²) in [4.78, 5) is 11.2. The summed E-state index contributed by atoms with van der Waals surface area (Å²) in [7, 11) is 1.87. The molecule has 1 N–H and O–H groups in total. The van der Waals surface area contributed by atoms with Crippen LogP contribution in [0.25, 0.3) is 0 Å². The van der Waals surface area contributed by atoms with E-state index in [4.69, 9.17) is 0 Å². The smallest absolute Gasteiger partial charge is 0.237 e. The molecule has 5 heteroatoms. The number of rotatable bonds is 1. The number of nitrogens with one attached hydrogen (secondary N) is 1. The second-order valence-electron chi connectivity index (χ2n) is 2.08. The van der Waals surface area contributed by atoms with Crippen molar-refractivity contribution in [1.29, 1.82) is 0 Å². The Morgan fingerprint density at radius 2 is 2.55 bits per heavy atom. The molecule has 0 saturated heterocycles. The van der Waals surface area contributed by atoms with Crippen LogP contribution >= 0.6 is 11.3 Å². The lowest BCUT2D eigenvalue weighted by Gasteiger charge is -1.90. The highest BCUT2D eigenvalue weighted by molar-refractivity contribution is 7.07. The van der Waals surface area contributed by atoms with Crippen LogP contribution in [-0.2, 0) is 11.8 Å². The second kappa shape index (κ2) is 3.34. The number of hydrogen-bond acceptors (Lipinski definition) is 3. The van der Waals surface area contributed by atoms with Gasteiger partial charge in [0, 0.05) is 25.5 Å². The normalized spacial score (nSPS) is 11.6. The van der Waals surface area contributed by atoms with Gasteiger partial charge in [0.05, 0.1) is 0 Å². The van der Waals surface area contributed by atoms with E-state index in [-0.39, 0.29) is 5.91 Å². The number of amides is 1. The van der Waals surface area contributed by atoms with E-state index in [0.29, 0.717) is 0 Å². The number of aryl methyl sites for hydroxylation is 1. The summed E-state index contributed by atoms with van der Waals surface area (Å²) >= 11 is 1.47. The number of thiazole rings is 1. The van der Waals surface area contributed by atoms with Crippen LogP contribution in [0, 0.1) is 0 Å². The van der Waals surface area contributed by atoms with Gasteiger partial charge in [-0.25, -0.2) is 5.43 Å². The van der Waals surface area contributed by atoms with Crippen LogP contribution < -0.4 is 10.2 Å². The summed E-state index contributed by atoms with van der Waals surface area (Å²) in [5.74, 6) is -0.154. The molecule has 0 aromatic carbocycles. The Morgan fingerprint density at radius 3 is 3.00 bits per heavy atom. The largest absolute Gasteiger partial charge is 0.325 e. The summed E-state index contributed by atoms with van der Waals surface area (Å²) in [5, 5.41) is 5.75. The van der Waals surface area contributed by atoms with Crippen molar-refractivity contribution in [3.8, 4) is 0 Å². The molecule has 0 aliphatic rings. The molecule has 4 nitrogen and oxygen atoms in total. The zero-order valence-electron chi connectivity index (χ0n) is 6.37. The average molecular weight is 171 g/mol. The van der Waals surface area contributed by atoms with Crippen molar-refractivity contribution in [3.63, 3.8) is 0 Å². The van der Waals surface area contributed by atoms with Crippen LogP contribution in [0.3, 0.4) is 0 Å². The van der Waals surface area contributed by atoms with E-state index in [1.54, 1.807) is 0 Å². The zero-order chi connectivity index (χ0) is 8.27. The Morgan fingerprint density at radius 1 is 1.82 bits per heavy atom. The van der Waals surface area contributed by atoms with Gasteiger partial charge in [-0.2, -0.15) is 0 Å². The Balaban J connectivity index is 2.83. The predicted molar refractivity (Wildman–Crippen MR) is 42.7 cm³/mol. The third kappa shape index (κ3) is 2.19. The molecule has 1 aromatic rings. The van der Waals surface area contributed by atoms with Gasteiger partial charge in [0.1, 0.15) is 0 Å². The van der Waals surface area contributed by atoms with Gasteiger partial charge in [-0.15, -0.1) is 16.4 Å². The first kappa shape index (κ1) is 8.00.